The highest BCUT2D eigenvalue weighted by Gasteiger charge is 2.33. The average Bonchev–Trinajstić information content (AvgIpc) is 3.24. The molecule has 1 aromatic heterocycles. The molecule has 0 saturated carbocycles. The van der Waals surface area contributed by atoms with Crippen LogP contribution in [-0.2, 0) is 27.7 Å². The summed E-state index contributed by atoms with van der Waals surface area (Å²) in [7, 11) is -3.29. The summed E-state index contributed by atoms with van der Waals surface area (Å²) in [6.45, 7) is 1.99. The number of hydrogen-bond donors (Lipinski definition) is 0. The van der Waals surface area contributed by atoms with Crippen LogP contribution in [0.4, 0.5) is 0 Å². The molecule has 24 heavy (non-hydrogen) atoms. The van der Waals surface area contributed by atoms with Crippen molar-refractivity contribution >= 4 is 10.0 Å². The summed E-state index contributed by atoms with van der Waals surface area (Å²) < 4.78 is 33.9. The first-order valence-electron chi connectivity index (χ1n) is 8.18. The number of nitrogens with zero attached hydrogens (tertiary/aromatic N) is 4. The van der Waals surface area contributed by atoms with E-state index in [1.807, 2.05) is 35.0 Å². The van der Waals surface area contributed by atoms with E-state index in [4.69, 9.17) is 4.74 Å². The zero-order chi connectivity index (χ0) is 16.6. The molecule has 4 rings (SSSR count). The van der Waals surface area contributed by atoms with Crippen molar-refractivity contribution < 1.29 is 13.2 Å². The summed E-state index contributed by atoms with van der Waals surface area (Å²) >= 11 is 0. The lowest BCUT2D eigenvalue weighted by Crippen LogP contribution is -2.39. The molecular formula is C16H20N4O3S. The van der Waals surface area contributed by atoms with Crippen molar-refractivity contribution in [2.45, 2.75) is 19.4 Å². The zero-order valence-electron chi connectivity index (χ0n) is 13.3. The lowest BCUT2D eigenvalue weighted by molar-refractivity contribution is 0.188. The van der Waals surface area contributed by atoms with E-state index in [2.05, 4.69) is 10.3 Å². The van der Waals surface area contributed by atoms with Gasteiger partial charge in [0.2, 0.25) is 10.0 Å². The fourth-order valence-corrected chi connectivity index (χ4v) is 5.07. The van der Waals surface area contributed by atoms with Crippen LogP contribution in [0, 0.1) is 5.92 Å². The molecule has 0 spiro atoms. The van der Waals surface area contributed by atoms with Crippen molar-refractivity contribution in [2.75, 3.05) is 25.5 Å². The zero-order valence-corrected chi connectivity index (χ0v) is 14.2. The van der Waals surface area contributed by atoms with Crippen LogP contribution >= 0.6 is 0 Å². The molecule has 0 radical (unpaired) electrons. The van der Waals surface area contributed by atoms with Gasteiger partial charge in [-0.2, -0.15) is 4.31 Å². The number of aromatic nitrogens is 3. The van der Waals surface area contributed by atoms with Crippen LogP contribution in [0.1, 0.15) is 17.8 Å². The number of benzene rings is 1. The topological polar surface area (TPSA) is 77.3 Å². The van der Waals surface area contributed by atoms with Gasteiger partial charge in [0.05, 0.1) is 30.3 Å². The van der Waals surface area contributed by atoms with Gasteiger partial charge in [0.1, 0.15) is 5.69 Å². The van der Waals surface area contributed by atoms with Crippen molar-refractivity contribution in [3.8, 4) is 5.69 Å². The van der Waals surface area contributed by atoms with E-state index in [-0.39, 0.29) is 11.7 Å². The predicted molar refractivity (Wildman–Crippen MR) is 88.2 cm³/mol. The molecule has 1 aromatic carbocycles. The first-order chi connectivity index (χ1) is 11.6. The third-order valence-corrected chi connectivity index (χ3v) is 6.62. The number of fused-ring (bicyclic) bond motifs is 1. The van der Waals surface area contributed by atoms with Crippen LogP contribution in [0.5, 0.6) is 0 Å². The average molecular weight is 348 g/mol. The Balaban J connectivity index is 1.53. The summed E-state index contributed by atoms with van der Waals surface area (Å²) in [6, 6.07) is 9.80. The molecule has 2 aliphatic heterocycles. The van der Waals surface area contributed by atoms with Gasteiger partial charge in [-0.05, 0) is 24.5 Å². The fourth-order valence-electron chi connectivity index (χ4n) is 3.31. The largest absolute Gasteiger partial charge is 0.381 e. The Kier molecular flexibility index (Phi) is 4.11. The molecule has 7 nitrogen and oxygen atoms in total. The lowest BCUT2D eigenvalue weighted by atomic mass is 10.1. The van der Waals surface area contributed by atoms with Crippen molar-refractivity contribution in [3.63, 3.8) is 0 Å². The van der Waals surface area contributed by atoms with Gasteiger partial charge >= 0.3 is 0 Å². The maximum atomic E-state index is 12.6. The van der Waals surface area contributed by atoms with Crippen LogP contribution in [0.2, 0.25) is 0 Å². The van der Waals surface area contributed by atoms with Crippen LogP contribution in [0.25, 0.3) is 5.69 Å². The van der Waals surface area contributed by atoms with E-state index >= 15 is 0 Å². The second kappa shape index (κ2) is 6.27. The Hall–Kier alpha value is -1.77. The minimum absolute atomic E-state index is 0.108. The molecule has 3 heterocycles. The number of rotatable bonds is 4. The standard InChI is InChI=1S/C16H20N4O3S/c21-24(22,12-13-7-9-23-11-13)19-8-6-16-15(10-19)17-18-20(16)14-4-2-1-3-5-14/h1-5,13H,6-12H2. The van der Waals surface area contributed by atoms with Gasteiger partial charge in [-0.3, -0.25) is 0 Å². The van der Waals surface area contributed by atoms with Gasteiger partial charge in [-0.15, -0.1) is 5.10 Å². The third-order valence-electron chi connectivity index (χ3n) is 4.63. The summed E-state index contributed by atoms with van der Waals surface area (Å²) in [4.78, 5) is 0. The summed E-state index contributed by atoms with van der Waals surface area (Å²) in [5.41, 5.74) is 2.69. The molecule has 1 unspecified atom stereocenters. The smallest absolute Gasteiger partial charge is 0.214 e. The molecule has 8 heteroatoms. The Morgan fingerprint density at radius 1 is 1.25 bits per heavy atom. The summed E-state index contributed by atoms with van der Waals surface area (Å²) in [5, 5.41) is 8.42. The predicted octanol–water partition coefficient (Wildman–Crippen LogP) is 0.992. The van der Waals surface area contributed by atoms with E-state index in [0.29, 0.717) is 32.7 Å². The SMILES string of the molecule is O=S(=O)(CC1CCOC1)N1CCc2c(nnn2-c2ccccc2)C1. The van der Waals surface area contributed by atoms with E-state index in [1.54, 1.807) is 0 Å². The molecule has 2 aliphatic rings. The minimum atomic E-state index is -3.29. The molecule has 1 atom stereocenters. The highest BCUT2D eigenvalue weighted by atomic mass is 32.2. The number of sulfonamides is 1. The number of hydrogen-bond acceptors (Lipinski definition) is 5. The summed E-state index contributed by atoms with van der Waals surface area (Å²) in [5.74, 6) is 0.270. The van der Waals surface area contributed by atoms with Crippen molar-refractivity contribution in [2.24, 2.45) is 5.92 Å². The van der Waals surface area contributed by atoms with Crippen molar-refractivity contribution in [1.82, 2.24) is 19.3 Å². The molecule has 1 fully saturated rings. The quantitative estimate of drug-likeness (QED) is 0.823. The van der Waals surface area contributed by atoms with Gasteiger partial charge < -0.3 is 4.74 Å². The van der Waals surface area contributed by atoms with E-state index in [0.717, 1.165) is 23.5 Å². The maximum absolute atomic E-state index is 12.6. The van der Waals surface area contributed by atoms with E-state index in [9.17, 15) is 8.42 Å². The molecule has 2 aromatic rings. The van der Waals surface area contributed by atoms with Crippen LogP contribution < -0.4 is 0 Å². The summed E-state index contributed by atoms with van der Waals surface area (Å²) in [6.07, 6.45) is 1.44. The second-order valence-electron chi connectivity index (χ2n) is 6.32. The van der Waals surface area contributed by atoms with Crippen LogP contribution in [0.15, 0.2) is 30.3 Å². The van der Waals surface area contributed by atoms with Crippen LogP contribution in [-0.4, -0.2) is 53.2 Å². The molecule has 0 amide bonds. The minimum Gasteiger partial charge on any atom is -0.381 e. The monoisotopic (exact) mass is 348 g/mol. The van der Waals surface area contributed by atoms with Crippen LogP contribution in [0.3, 0.4) is 0 Å². The van der Waals surface area contributed by atoms with E-state index in [1.165, 1.54) is 4.31 Å². The Morgan fingerprint density at radius 3 is 2.83 bits per heavy atom. The Morgan fingerprint density at radius 2 is 2.08 bits per heavy atom. The lowest BCUT2D eigenvalue weighted by Gasteiger charge is -2.26. The molecule has 128 valence electrons. The third kappa shape index (κ3) is 2.97. The highest BCUT2D eigenvalue weighted by molar-refractivity contribution is 7.89. The number of para-hydroxylation sites is 1. The van der Waals surface area contributed by atoms with Gasteiger partial charge in [0, 0.05) is 19.6 Å². The first-order valence-corrected chi connectivity index (χ1v) is 9.79. The van der Waals surface area contributed by atoms with Gasteiger partial charge in [0.25, 0.3) is 0 Å². The van der Waals surface area contributed by atoms with E-state index < -0.39 is 10.0 Å². The first kappa shape index (κ1) is 15.7. The molecule has 0 bridgehead atoms. The normalized spacial score (nSPS) is 21.8. The van der Waals surface area contributed by atoms with Gasteiger partial charge in [-0.25, -0.2) is 13.1 Å². The molecule has 0 N–H and O–H groups in total. The molecule has 1 saturated heterocycles. The van der Waals surface area contributed by atoms with Crippen molar-refractivity contribution in [1.29, 1.82) is 0 Å². The van der Waals surface area contributed by atoms with Gasteiger partial charge in [0.15, 0.2) is 0 Å². The second-order valence-corrected chi connectivity index (χ2v) is 8.34. The Bertz CT molecular complexity index is 813. The molecule has 0 aliphatic carbocycles. The number of ether oxygens (including phenoxy) is 1. The van der Waals surface area contributed by atoms with Gasteiger partial charge in [-0.1, -0.05) is 23.4 Å². The highest BCUT2D eigenvalue weighted by Crippen LogP contribution is 2.24. The van der Waals surface area contributed by atoms with Crippen molar-refractivity contribution in [3.05, 3.63) is 41.7 Å². The maximum Gasteiger partial charge on any atom is 0.214 e. The molecular weight excluding hydrogens is 328 g/mol. The Labute approximate surface area is 141 Å². The fraction of sp³-hybridized carbons (Fsp3) is 0.500.